The lowest BCUT2D eigenvalue weighted by atomic mass is 10.3. The zero-order valence-corrected chi connectivity index (χ0v) is 13.6. The van der Waals surface area contributed by atoms with Crippen LogP contribution in [0.2, 0.25) is 10.0 Å². The topological polar surface area (TPSA) is 89.5 Å². The van der Waals surface area contributed by atoms with Gasteiger partial charge in [0.1, 0.15) is 10.9 Å². The summed E-state index contributed by atoms with van der Waals surface area (Å²) in [5, 5.41) is 2.09. The minimum absolute atomic E-state index is 0.0612. The molecule has 1 N–H and O–H groups in total. The molecule has 0 heterocycles. The van der Waals surface area contributed by atoms with Gasteiger partial charge in [-0.3, -0.25) is 4.79 Å². The Labute approximate surface area is 132 Å². The second-order valence-corrected chi connectivity index (χ2v) is 6.89. The highest BCUT2D eigenvalue weighted by molar-refractivity contribution is 7.91. The molecule has 0 aliphatic carbocycles. The predicted molar refractivity (Wildman–Crippen MR) is 78.1 cm³/mol. The van der Waals surface area contributed by atoms with E-state index >= 15 is 0 Å². The maximum absolute atomic E-state index is 12.4. The van der Waals surface area contributed by atoms with Gasteiger partial charge in [0.25, 0.3) is 0 Å². The number of amides is 1. The molecule has 1 rings (SSSR count). The van der Waals surface area contributed by atoms with Crippen LogP contribution in [-0.4, -0.2) is 39.2 Å². The van der Waals surface area contributed by atoms with E-state index in [1.807, 2.05) is 0 Å². The molecule has 1 unspecified atom stereocenters. The molecule has 0 bridgehead atoms. The average Bonchev–Trinajstić information content (AvgIpc) is 2.35. The smallest absolute Gasteiger partial charge is 0.329 e. The maximum Gasteiger partial charge on any atom is 0.329 e. The fourth-order valence-corrected chi connectivity index (χ4v) is 4.30. The summed E-state index contributed by atoms with van der Waals surface area (Å²) in [6.07, 6.45) is 0. The number of methoxy groups -OCH3 is 1. The van der Waals surface area contributed by atoms with Crippen molar-refractivity contribution in [2.75, 3.05) is 12.9 Å². The third-order valence-electron chi connectivity index (χ3n) is 2.48. The van der Waals surface area contributed by atoms with E-state index in [0.717, 1.165) is 14.0 Å². The highest BCUT2D eigenvalue weighted by Gasteiger charge is 2.31. The van der Waals surface area contributed by atoms with Crippen LogP contribution in [0.15, 0.2) is 23.1 Å². The Morgan fingerprint density at radius 2 is 1.81 bits per heavy atom. The number of halogens is 2. The van der Waals surface area contributed by atoms with Crippen LogP contribution in [0.5, 0.6) is 0 Å². The summed E-state index contributed by atoms with van der Waals surface area (Å²) < 4.78 is 29.2. The number of benzene rings is 1. The van der Waals surface area contributed by atoms with Crippen molar-refractivity contribution in [3.63, 3.8) is 0 Å². The standard InChI is InChI=1S/C12H13Cl2NO5S/c1-7(16)15-10(12(17)20-2)6-21(18,19)11-8(13)4-3-5-9(11)14/h3-5,10H,6H2,1-2H3,(H,15,16). The van der Waals surface area contributed by atoms with Gasteiger partial charge in [-0.2, -0.15) is 0 Å². The quantitative estimate of drug-likeness (QED) is 0.809. The number of hydrogen-bond acceptors (Lipinski definition) is 5. The molecule has 1 atom stereocenters. The Hall–Kier alpha value is -1.31. The molecule has 0 aliphatic rings. The van der Waals surface area contributed by atoms with Gasteiger partial charge in [-0.25, -0.2) is 13.2 Å². The summed E-state index contributed by atoms with van der Waals surface area (Å²) in [5.41, 5.74) is 0. The van der Waals surface area contributed by atoms with Crippen molar-refractivity contribution in [2.45, 2.75) is 17.9 Å². The molecule has 0 fully saturated rings. The van der Waals surface area contributed by atoms with Crippen LogP contribution in [-0.2, 0) is 24.2 Å². The number of rotatable bonds is 5. The molecule has 0 aliphatic heterocycles. The number of esters is 1. The fraction of sp³-hybridized carbons (Fsp3) is 0.333. The van der Waals surface area contributed by atoms with Gasteiger partial charge in [0.2, 0.25) is 5.91 Å². The average molecular weight is 354 g/mol. The fourth-order valence-electron chi connectivity index (χ4n) is 1.64. The van der Waals surface area contributed by atoms with Crippen LogP contribution in [0.1, 0.15) is 6.92 Å². The highest BCUT2D eigenvalue weighted by atomic mass is 35.5. The van der Waals surface area contributed by atoms with Crippen molar-refractivity contribution in [3.05, 3.63) is 28.2 Å². The molecule has 0 saturated carbocycles. The van der Waals surface area contributed by atoms with Crippen molar-refractivity contribution in [2.24, 2.45) is 0 Å². The van der Waals surface area contributed by atoms with Gasteiger partial charge in [0.15, 0.2) is 9.84 Å². The van der Waals surface area contributed by atoms with Crippen molar-refractivity contribution in [1.82, 2.24) is 5.32 Å². The first-order chi connectivity index (χ1) is 9.69. The van der Waals surface area contributed by atoms with E-state index < -0.39 is 33.5 Å². The lowest BCUT2D eigenvalue weighted by Crippen LogP contribution is -2.45. The molecule has 116 valence electrons. The zero-order valence-electron chi connectivity index (χ0n) is 11.2. The molecular formula is C12H13Cl2NO5S. The van der Waals surface area contributed by atoms with E-state index in [4.69, 9.17) is 23.2 Å². The maximum atomic E-state index is 12.4. The Bertz CT molecular complexity index is 639. The van der Waals surface area contributed by atoms with Crippen LogP contribution < -0.4 is 5.32 Å². The number of ether oxygens (including phenoxy) is 1. The molecule has 1 aromatic carbocycles. The van der Waals surface area contributed by atoms with Gasteiger partial charge < -0.3 is 10.1 Å². The van der Waals surface area contributed by atoms with Crippen molar-refractivity contribution in [3.8, 4) is 0 Å². The van der Waals surface area contributed by atoms with Gasteiger partial charge in [0, 0.05) is 6.92 Å². The van der Waals surface area contributed by atoms with Gasteiger partial charge >= 0.3 is 5.97 Å². The van der Waals surface area contributed by atoms with Crippen LogP contribution in [0, 0.1) is 0 Å². The summed E-state index contributed by atoms with van der Waals surface area (Å²) in [6, 6.07) is 2.89. The first-order valence-electron chi connectivity index (χ1n) is 5.70. The molecule has 6 nitrogen and oxygen atoms in total. The minimum atomic E-state index is -4.00. The molecule has 0 saturated heterocycles. The molecule has 1 aromatic rings. The van der Waals surface area contributed by atoms with E-state index in [2.05, 4.69) is 10.1 Å². The monoisotopic (exact) mass is 353 g/mol. The van der Waals surface area contributed by atoms with E-state index in [0.29, 0.717) is 0 Å². The van der Waals surface area contributed by atoms with Crippen LogP contribution in [0.25, 0.3) is 0 Å². The van der Waals surface area contributed by atoms with Crippen molar-refractivity contribution >= 4 is 44.9 Å². The van der Waals surface area contributed by atoms with Gasteiger partial charge in [-0.15, -0.1) is 0 Å². The Morgan fingerprint density at radius 3 is 2.24 bits per heavy atom. The largest absolute Gasteiger partial charge is 0.467 e. The number of carbonyl (C=O) groups is 2. The number of carbonyl (C=O) groups excluding carboxylic acids is 2. The Kier molecular flexibility index (Phi) is 6.00. The van der Waals surface area contributed by atoms with Gasteiger partial charge in [-0.1, -0.05) is 29.3 Å². The molecule has 0 spiro atoms. The molecule has 0 radical (unpaired) electrons. The molecule has 9 heteroatoms. The van der Waals surface area contributed by atoms with Crippen LogP contribution in [0.4, 0.5) is 0 Å². The van der Waals surface area contributed by atoms with E-state index in [-0.39, 0.29) is 14.9 Å². The molecule has 1 amide bonds. The second-order valence-electron chi connectivity index (χ2n) is 4.11. The molecule has 0 aromatic heterocycles. The summed E-state index contributed by atoms with van der Waals surface area (Å²) in [6.45, 7) is 1.16. The second kappa shape index (κ2) is 7.11. The summed E-state index contributed by atoms with van der Waals surface area (Å²) in [5.74, 6) is -2.15. The van der Waals surface area contributed by atoms with E-state index in [1.54, 1.807) is 0 Å². The van der Waals surface area contributed by atoms with Crippen LogP contribution >= 0.6 is 23.2 Å². The van der Waals surface area contributed by atoms with E-state index in [9.17, 15) is 18.0 Å². The van der Waals surface area contributed by atoms with E-state index in [1.165, 1.54) is 18.2 Å². The first-order valence-corrected chi connectivity index (χ1v) is 8.11. The summed E-state index contributed by atoms with van der Waals surface area (Å²) in [4.78, 5) is 22.3. The van der Waals surface area contributed by atoms with Crippen molar-refractivity contribution < 1.29 is 22.7 Å². The zero-order chi connectivity index (χ0) is 16.2. The first kappa shape index (κ1) is 17.7. The Morgan fingerprint density at radius 1 is 1.29 bits per heavy atom. The lowest BCUT2D eigenvalue weighted by molar-refractivity contribution is -0.144. The van der Waals surface area contributed by atoms with Crippen LogP contribution in [0.3, 0.4) is 0 Å². The lowest BCUT2D eigenvalue weighted by Gasteiger charge is -2.16. The number of nitrogens with one attached hydrogen (secondary N) is 1. The summed E-state index contributed by atoms with van der Waals surface area (Å²) >= 11 is 11.7. The molecule has 21 heavy (non-hydrogen) atoms. The third-order valence-corrected chi connectivity index (χ3v) is 5.17. The summed E-state index contributed by atoms with van der Waals surface area (Å²) in [7, 11) is -2.91. The SMILES string of the molecule is COC(=O)C(CS(=O)(=O)c1c(Cl)cccc1Cl)NC(C)=O. The minimum Gasteiger partial charge on any atom is -0.467 e. The number of sulfone groups is 1. The van der Waals surface area contributed by atoms with Gasteiger partial charge in [-0.05, 0) is 12.1 Å². The molecular weight excluding hydrogens is 341 g/mol. The van der Waals surface area contributed by atoms with Crippen molar-refractivity contribution in [1.29, 1.82) is 0 Å². The number of hydrogen-bond donors (Lipinski definition) is 1. The third kappa shape index (κ3) is 4.59. The van der Waals surface area contributed by atoms with Gasteiger partial charge in [0.05, 0.1) is 22.9 Å². The normalized spacial score (nSPS) is 12.6. The predicted octanol–water partition coefficient (Wildman–Crippen LogP) is 1.44. The Balaban J connectivity index is 3.17. The highest BCUT2D eigenvalue weighted by Crippen LogP contribution is 2.30.